The lowest BCUT2D eigenvalue weighted by Gasteiger charge is -2.44. The monoisotopic (exact) mass is 297 g/mol. The van der Waals surface area contributed by atoms with Crippen molar-refractivity contribution < 1.29 is 4.79 Å². The van der Waals surface area contributed by atoms with Crippen LogP contribution in [0.5, 0.6) is 0 Å². The number of nitrogens with two attached hydrogens (primary N) is 1. The molecular weight excluding hydrogens is 262 g/mol. The minimum Gasteiger partial charge on any atom is -0.326 e. The van der Waals surface area contributed by atoms with Gasteiger partial charge in [0.15, 0.2) is 0 Å². The van der Waals surface area contributed by atoms with E-state index in [0.717, 1.165) is 32.4 Å². The third-order valence-corrected chi connectivity index (χ3v) is 5.14. The van der Waals surface area contributed by atoms with Crippen molar-refractivity contribution in [3.8, 4) is 0 Å². The van der Waals surface area contributed by atoms with Crippen molar-refractivity contribution in [1.29, 1.82) is 0 Å². The van der Waals surface area contributed by atoms with Gasteiger partial charge in [-0.05, 0) is 66.2 Å². The summed E-state index contributed by atoms with van der Waals surface area (Å²) in [6, 6.07) is 1.39. The molecule has 3 unspecified atom stereocenters. The van der Waals surface area contributed by atoms with Gasteiger partial charge < -0.3 is 10.6 Å². The van der Waals surface area contributed by atoms with Crippen molar-refractivity contribution in [2.45, 2.75) is 71.0 Å². The zero-order chi connectivity index (χ0) is 16.0. The summed E-state index contributed by atoms with van der Waals surface area (Å²) in [7, 11) is 4.33. The number of Topliss-reactive ketones (excluding diaryl/α,β-unsaturated/α-hetero) is 1. The van der Waals surface area contributed by atoms with Crippen LogP contribution >= 0.6 is 0 Å². The summed E-state index contributed by atoms with van der Waals surface area (Å²) < 4.78 is 0. The predicted octanol–water partition coefficient (Wildman–Crippen LogP) is 2.12. The largest absolute Gasteiger partial charge is 0.326 e. The van der Waals surface area contributed by atoms with E-state index in [0.29, 0.717) is 17.9 Å². The van der Waals surface area contributed by atoms with Crippen LogP contribution < -0.4 is 5.73 Å². The molecule has 4 nitrogen and oxygen atoms in total. The van der Waals surface area contributed by atoms with Crippen molar-refractivity contribution in [1.82, 2.24) is 9.80 Å². The van der Waals surface area contributed by atoms with Crippen LogP contribution in [0.15, 0.2) is 0 Å². The predicted molar refractivity (Wildman–Crippen MR) is 89.4 cm³/mol. The van der Waals surface area contributed by atoms with Crippen molar-refractivity contribution in [3.63, 3.8) is 0 Å². The summed E-state index contributed by atoms with van der Waals surface area (Å²) in [6.07, 6.45) is 5.41. The van der Waals surface area contributed by atoms with Crippen molar-refractivity contribution in [2.75, 3.05) is 27.2 Å². The molecule has 124 valence electrons. The van der Waals surface area contributed by atoms with E-state index in [-0.39, 0.29) is 12.0 Å². The standard InChI is InChI=1S/C15H29N3O.C2H6/c1-11(19)12-4-5-14(16)15(10-12)18-8-6-13(7-9-18)17(2)3;1-2/h12-15H,4-10,16H2,1-3H3;1-2H3. The second-order valence-corrected chi connectivity index (χ2v) is 6.58. The highest BCUT2D eigenvalue weighted by Crippen LogP contribution is 2.30. The molecule has 2 rings (SSSR count). The normalized spacial score (nSPS) is 31.7. The van der Waals surface area contributed by atoms with E-state index in [2.05, 4.69) is 23.9 Å². The Hall–Kier alpha value is -0.450. The third kappa shape index (κ3) is 5.04. The Bertz CT molecular complexity index is 311. The summed E-state index contributed by atoms with van der Waals surface area (Å²) in [5.41, 5.74) is 6.30. The van der Waals surface area contributed by atoms with Gasteiger partial charge in [0, 0.05) is 24.0 Å². The maximum atomic E-state index is 11.6. The summed E-state index contributed by atoms with van der Waals surface area (Å²) in [4.78, 5) is 16.5. The van der Waals surface area contributed by atoms with E-state index in [1.807, 2.05) is 13.8 Å². The van der Waals surface area contributed by atoms with E-state index >= 15 is 0 Å². The minimum atomic E-state index is 0.247. The minimum absolute atomic E-state index is 0.247. The van der Waals surface area contributed by atoms with Crippen LogP contribution in [0.1, 0.15) is 52.9 Å². The number of likely N-dealkylation sites (tertiary alicyclic amines) is 1. The topological polar surface area (TPSA) is 49.6 Å². The molecule has 4 heteroatoms. The van der Waals surface area contributed by atoms with Gasteiger partial charge in [-0.1, -0.05) is 13.8 Å². The lowest BCUT2D eigenvalue weighted by molar-refractivity contribution is -0.122. The molecule has 0 aromatic carbocycles. The van der Waals surface area contributed by atoms with Gasteiger partial charge in [-0.2, -0.15) is 0 Å². The molecule has 2 N–H and O–H groups in total. The maximum absolute atomic E-state index is 11.6. The molecule has 1 saturated heterocycles. The zero-order valence-electron chi connectivity index (χ0n) is 14.6. The van der Waals surface area contributed by atoms with E-state index in [1.165, 1.54) is 12.8 Å². The van der Waals surface area contributed by atoms with Crippen molar-refractivity contribution >= 4 is 5.78 Å². The molecule has 3 atom stereocenters. The molecule has 0 aromatic heterocycles. The number of rotatable bonds is 3. The van der Waals surface area contributed by atoms with Crippen LogP contribution in [0.2, 0.25) is 0 Å². The van der Waals surface area contributed by atoms with Crippen LogP contribution in [0.3, 0.4) is 0 Å². The third-order valence-electron chi connectivity index (χ3n) is 5.14. The average Bonchev–Trinajstić information content (AvgIpc) is 2.49. The molecule has 2 aliphatic rings. The Balaban J connectivity index is 0.00000106. The molecule has 2 fully saturated rings. The second kappa shape index (κ2) is 8.86. The van der Waals surface area contributed by atoms with E-state index in [9.17, 15) is 4.79 Å². The number of piperidine rings is 1. The van der Waals surface area contributed by atoms with Crippen molar-refractivity contribution in [2.24, 2.45) is 11.7 Å². The van der Waals surface area contributed by atoms with Gasteiger partial charge >= 0.3 is 0 Å². The molecular formula is C17H35N3O. The number of nitrogens with zero attached hydrogens (tertiary/aromatic N) is 2. The molecule has 0 radical (unpaired) electrons. The highest BCUT2D eigenvalue weighted by atomic mass is 16.1. The highest BCUT2D eigenvalue weighted by Gasteiger charge is 2.35. The van der Waals surface area contributed by atoms with E-state index < -0.39 is 0 Å². The lowest BCUT2D eigenvalue weighted by atomic mass is 9.79. The summed E-state index contributed by atoms with van der Waals surface area (Å²) in [5.74, 6) is 0.594. The molecule has 0 bridgehead atoms. The Morgan fingerprint density at radius 2 is 1.67 bits per heavy atom. The SMILES string of the molecule is CC.CC(=O)C1CCC(N)C(N2CCC(N(C)C)CC2)C1. The fourth-order valence-corrected chi connectivity index (χ4v) is 3.69. The Labute approximate surface area is 131 Å². The fourth-order valence-electron chi connectivity index (χ4n) is 3.69. The Morgan fingerprint density at radius 1 is 1.10 bits per heavy atom. The first kappa shape index (κ1) is 18.6. The molecule has 1 saturated carbocycles. The zero-order valence-corrected chi connectivity index (χ0v) is 14.6. The summed E-state index contributed by atoms with van der Waals surface area (Å²) >= 11 is 0. The Kier molecular flexibility index (Phi) is 7.85. The molecule has 21 heavy (non-hydrogen) atoms. The van der Waals surface area contributed by atoms with Gasteiger partial charge in [0.1, 0.15) is 5.78 Å². The van der Waals surface area contributed by atoms with E-state index in [1.54, 1.807) is 6.92 Å². The van der Waals surface area contributed by atoms with Gasteiger partial charge in [0.25, 0.3) is 0 Å². The summed E-state index contributed by atoms with van der Waals surface area (Å²) in [6.45, 7) is 7.99. The van der Waals surface area contributed by atoms with Crippen LogP contribution in [0.25, 0.3) is 0 Å². The smallest absolute Gasteiger partial charge is 0.132 e. The number of carbonyl (C=O) groups excluding carboxylic acids is 1. The van der Waals surface area contributed by atoms with Gasteiger partial charge in [-0.25, -0.2) is 0 Å². The molecule has 1 aliphatic heterocycles. The summed E-state index contributed by atoms with van der Waals surface area (Å²) in [5, 5.41) is 0. The average molecular weight is 297 g/mol. The molecule has 1 aliphatic carbocycles. The van der Waals surface area contributed by atoms with Gasteiger partial charge in [0.2, 0.25) is 0 Å². The lowest BCUT2D eigenvalue weighted by Crippen LogP contribution is -2.55. The fraction of sp³-hybridized carbons (Fsp3) is 0.941. The van der Waals surface area contributed by atoms with E-state index in [4.69, 9.17) is 5.73 Å². The second-order valence-electron chi connectivity index (χ2n) is 6.58. The molecule has 1 heterocycles. The van der Waals surface area contributed by atoms with Crippen molar-refractivity contribution in [3.05, 3.63) is 0 Å². The van der Waals surface area contributed by atoms with Crippen LogP contribution in [-0.2, 0) is 4.79 Å². The van der Waals surface area contributed by atoms with Crippen LogP contribution in [0, 0.1) is 5.92 Å². The number of carbonyl (C=O) groups is 1. The molecule has 0 spiro atoms. The van der Waals surface area contributed by atoms with Gasteiger partial charge in [-0.15, -0.1) is 0 Å². The van der Waals surface area contributed by atoms with Crippen LogP contribution in [-0.4, -0.2) is 60.9 Å². The first-order chi connectivity index (χ1) is 9.99. The molecule has 0 amide bonds. The van der Waals surface area contributed by atoms with Gasteiger partial charge in [-0.3, -0.25) is 9.69 Å². The highest BCUT2D eigenvalue weighted by molar-refractivity contribution is 5.78. The van der Waals surface area contributed by atoms with Gasteiger partial charge in [0.05, 0.1) is 0 Å². The number of hydrogen-bond acceptors (Lipinski definition) is 4. The first-order valence-corrected chi connectivity index (χ1v) is 8.65. The molecule has 0 aromatic rings. The number of hydrogen-bond donors (Lipinski definition) is 1. The maximum Gasteiger partial charge on any atom is 0.132 e. The Morgan fingerprint density at radius 3 is 2.14 bits per heavy atom. The van der Waals surface area contributed by atoms with Crippen LogP contribution in [0.4, 0.5) is 0 Å². The first-order valence-electron chi connectivity index (χ1n) is 8.65. The number of ketones is 1. The quantitative estimate of drug-likeness (QED) is 0.867.